The number of aromatic nitrogens is 6. The predicted octanol–water partition coefficient (Wildman–Crippen LogP) is 7.52. The van der Waals surface area contributed by atoms with Crippen molar-refractivity contribution in [3.05, 3.63) is 126 Å². The number of benzene rings is 4. The van der Waals surface area contributed by atoms with Crippen molar-refractivity contribution in [2.45, 2.75) is 13.1 Å². The Kier molecular flexibility index (Phi) is 7.82. The van der Waals surface area contributed by atoms with Gasteiger partial charge in [0.1, 0.15) is 22.5 Å². The molecule has 10 heteroatoms. The highest BCUT2D eigenvalue weighted by Crippen LogP contribution is 2.33. The van der Waals surface area contributed by atoms with Crippen LogP contribution in [0.5, 0.6) is 11.5 Å². The van der Waals surface area contributed by atoms with Crippen LogP contribution in [0.1, 0.15) is 11.1 Å². The van der Waals surface area contributed by atoms with E-state index in [1.54, 1.807) is 26.6 Å². The molecule has 4 aromatic carbocycles. The molecule has 0 fully saturated rings. The molecule has 8 rings (SSSR count). The lowest BCUT2D eigenvalue weighted by Crippen LogP contribution is -2.00. The number of ether oxygens (including phenoxy) is 2. The Morgan fingerprint density at radius 3 is 1.59 bits per heavy atom. The zero-order valence-corrected chi connectivity index (χ0v) is 26.0. The molecule has 0 aliphatic heterocycles. The first-order chi connectivity index (χ1) is 22.5. The Morgan fingerprint density at radius 1 is 0.609 bits per heavy atom. The maximum atomic E-state index is 6.00. The molecular weight excluding hydrogens is 598 g/mol. The molecule has 0 unspecified atom stereocenters. The van der Waals surface area contributed by atoms with Gasteiger partial charge in [-0.3, -0.25) is 0 Å². The Morgan fingerprint density at radius 2 is 1.09 bits per heavy atom. The van der Waals surface area contributed by atoms with E-state index in [4.69, 9.17) is 26.8 Å². The van der Waals surface area contributed by atoms with E-state index in [1.165, 1.54) is 11.1 Å². The van der Waals surface area contributed by atoms with Crippen LogP contribution < -0.4 is 15.2 Å². The fourth-order valence-electron chi connectivity index (χ4n) is 5.80. The summed E-state index contributed by atoms with van der Waals surface area (Å²) in [4.78, 5) is 17.2. The van der Waals surface area contributed by atoms with Crippen molar-refractivity contribution in [1.82, 2.24) is 29.1 Å². The fraction of sp³-hybridized carbons (Fsp3) is 0.111. The molecule has 4 aromatic heterocycles. The Hall–Kier alpha value is -5.67. The van der Waals surface area contributed by atoms with Crippen LogP contribution in [0.3, 0.4) is 0 Å². The molecule has 46 heavy (non-hydrogen) atoms. The summed E-state index contributed by atoms with van der Waals surface area (Å²) in [5.41, 5.74) is 14.0. The number of halogens is 1. The summed E-state index contributed by atoms with van der Waals surface area (Å²) in [5.74, 6) is 1.87. The van der Waals surface area contributed by atoms with Gasteiger partial charge in [0.15, 0.2) is 0 Å². The standard InChI is InChI=1S/C18H14ClN3O.C18H16N4O/c2*1-23-13-7-8-15-14(9-13)17-16(10-20-18(19)21-17)22(15)11-12-5-3-2-4-6-12/h2-10H,11H2,1H3;2-10H,11H2,1H3,(H2,19,20,21). The average molecular weight is 628 g/mol. The predicted molar refractivity (Wildman–Crippen MR) is 184 cm³/mol. The first kappa shape index (κ1) is 29.1. The van der Waals surface area contributed by atoms with Crippen molar-refractivity contribution < 1.29 is 9.47 Å². The van der Waals surface area contributed by atoms with Gasteiger partial charge in [-0.1, -0.05) is 60.7 Å². The first-order valence-electron chi connectivity index (χ1n) is 14.7. The largest absolute Gasteiger partial charge is 0.497 e. The molecule has 0 aliphatic carbocycles. The molecule has 0 amide bonds. The van der Waals surface area contributed by atoms with Crippen molar-refractivity contribution in [3.63, 3.8) is 0 Å². The topological polar surface area (TPSA) is 106 Å². The highest BCUT2D eigenvalue weighted by Gasteiger charge is 2.15. The van der Waals surface area contributed by atoms with Gasteiger partial charge < -0.3 is 24.3 Å². The van der Waals surface area contributed by atoms with Crippen LogP contribution in [0.15, 0.2) is 109 Å². The zero-order chi connectivity index (χ0) is 31.6. The van der Waals surface area contributed by atoms with Crippen LogP contribution in [0.25, 0.3) is 43.9 Å². The number of hydrogen-bond acceptors (Lipinski definition) is 7. The maximum absolute atomic E-state index is 6.00. The fourth-order valence-corrected chi connectivity index (χ4v) is 5.93. The molecule has 8 aromatic rings. The highest BCUT2D eigenvalue weighted by molar-refractivity contribution is 6.28. The number of nitrogens with zero attached hydrogens (tertiary/aromatic N) is 6. The molecule has 9 nitrogen and oxygen atoms in total. The third-order valence-corrected chi connectivity index (χ3v) is 8.16. The van der Waals surface area contributed by atoms with E-state index >= 15 is 0 Å². The second-order valence-electron chi connectivity index (χ2n) is 10.7. The van der Waals surface area contributed by atoms with E-state index in [9.17, 15) is 0 Å². The number of rotatable bonds is 6. The van der Waals surface area contributed by atoms with Crippen molar-refractivity contribution in [3.8, 4) is 11.5 Å². The molecular formula is C36H30ClN7O2. The van der Waals surface area contributed by atoms with Gasteiger partial charge in [0.25, 0.3) is 0 Å². The van der Waals surface area contributed by atoms with Gasteiger partial charge in [-0.2, -0.15) is 0 Å². The number of hydrogen-bond donors (Lipinski definition) is 1. The van der Waals surface area contributed by atoms with E-state index in [1.807, 2.05) is 66.7 Å². The van der Waals surface area contributed by atoms with Crippen molar-refractivity contribution in [1.29, 1.82) is 0 Å². The third kappa shape index (κ3) is 5.52. The number of nitrogen functional groups attached to an aromatic ring is 1. The lowest BCUT2D eigenvalue weighted by molar-refractivity contribution is 0.415. The van der Waals surface area contributed by atoms with Gasteiger partial charge in [0, 0.05) is 23.9 Å². The van der Waals surface area contributed by atoms with E-state index in [0.29, 0.717) is 0 Å². The van der Waals surface area contributed by atoms with Crippen molar-refractivity contribution in [2.75, 3.05) is 20.0 Å². The maximum Gasteiger partial charge on any atom is 0.223 e. The van der Waals surface area contributed by atoms with Crippen LogP contribution in [0.2, 0.25) is 5.28 Å². The summed E-state index contributed by atoms with van der Waals surface area (Å²) < 4.78 is 15.1. The minimum atomic E-state index is 0.249. The Balaban J connectivity index is 0.000000147. The molecule has 228 valence electrons. The molecule has 4 heterocycles. The summed E-state index contributed by atoms with van der Waals surface area (Å²) in [6.07, 6.45) is 3.56. The molecule has 0 saturated heterocycles. The minimum Gasteiger partial charge on any atom is -0.497 e. The van der Waals surface area contributed by atoms with Crippen LogP contribution in [-0.2, 0) is 13.1 Å². The van der Waals surface area contributed by atoms with Crippen LogP contribution in [-0.4, -0.2) is 43.3 Å². The summed E-state index contributed by atoms with van der Waals surface area (Å²) in [7, 11) is 3.32. The summed E-state index contributed by atoms with van der Waals surface area (Å²) >= 11 is 6.00. The van der Waals surface area contributed by atoms with Crippen molar-refractivity contribution >= 4 is 61.4 Å². The summed E-state index contributed by atoms with van der Waals surface area (Å²) in [6, 6.07) is 32.6. The molecule has 0 radical (unpaired) electrons. The number of anilines is 1. The average Bonchev–Trinajstić information content (AvgIpc) is 3.56. The molecule has 0 aliphatic rings. The summed E-state index contributed by atoms with van der Waals surface area (Å²) in [5, 5.41) is 2.28. The third-order valence-electron chi connectivity index (χ3n) is 7.98. The van der Waals surface area contributed by atoms with Gasteiger partial charge in [-0.05, 0) is 59.1 Å². The lowest BCUT2D eigenvalue weighted by atomic mass is 10.2. The van der Waals surface area contributed by atoms with Crippen LogP contribution in [0, 0.1) is 0 Å². The van der Waals surface area contributed by atoms with Gasteiger partial charge in [-0.15, -0.1) is 0 Å². The minimum absolute atomic E-state index is 0.249. The molecule has 0 spiro atoms. The smallest absolute Gasteiger partial charge is 0.223 e. The number of methoxy groups -OCH3 is 2. The van der Waals surface area contributed by atoms with Gasteiger partial charge in [0.2, 0.25) is 11.2 Å². The number of nitrogens with two attached hydrogens (primary N) is 1. The molecule has 0 saturated carbocycles. The molecule has 0 atom stereocenters. The van der Waals surface area contributed by atoms with E-state index < -0.39 is 0 Å². The second-order valence-corrected chi connectivity index (χ2v) is 11.1. The second kappa shape index (κ2) is 12.4. The van der Waals surface area contributed by atoms with Crippen LogP contribution >= 0.6 is 11.6 Å². The van der Waals surface area contributed by atoms with Gasteiger partial charge in [0.05, 0.1) is 48.7 Å². The normalized spacial score (nSPS) is 11.2. The van der Waals surface area contributed by atoms with E-state index in [0.717, 1.165) is 68.5 Å². The molecule has 0 bridgehead atoms. The van der Waals surface area contributed by atoms with Gasteiger partial charge >= 0.3 is 0 Å². The molecule has 2 N–H and O–H groups in total. The highest BCUT2D eigenvalue weighted by atomic mass is 35.5. The number of fused-ring (bicyclic) bond motifs is 6. The Labute approximate surface area is 269 Å². The first-order valence-corrected chi connectivity index (χ1v) is 15.0. The lowest BCUT2D eigenvalue weighted by Gasteiger charge is -2.07. The quantitative estimate of drug-likeness (QED) is 0.190. The van der Waals surface area contributed by atoms with Gasteiger partial charge in [-0.25, -0.2) is 19.9 Å². The van der Waals surface area contributed by atoms with Crippen molar-refractivity contribution in [2.24, 2.45) is 0 Å². The SMILES string of the molecule is COc1ccc2c(c1)c1nc(Cl)ncc1n2Cc1ccccc1.COc1ccc2c(c1)c1nc(N)ncc1n2Cc1ccccc1. The van der Waals surface area contributed by atoms with E-state index in [-0.39, 0.29) is 11.2 Å². The Bertz CT molecular complexity index is 2150. The van der Waals surface area contributed by atoms with E-state index in [2.05, 4.69) is 59.4 Å². The van der Waals surface area contributed by atoms with Crippen LogP contribution in [0.4, 0.5) is 5.95 Å². The monoisotopic (exact) mass is 627 g/mol. The summed E-state index contributed by atoms with van der Waals surface area (Å²) in [6.45, 7) is 1.50. The zero-order valence-electron chi connectivity index (χ0n) is 25.3.